The van der Waals surface area contributed by atoms with Crippen LogP contribution in [-0.2, 0) is 0 Å². The molecule has 1 unspecified atom stereocenters. The first-order chi connectivity index (χ1) is 11.2. The lowest BCUT2D eigenvalue weighted by Gasteiger charge is -2.19. The molecule has 2 aromatic heterocycles. The molecule has 118 valence electrons. The van der Waals surface area contributed by atoms with E-state index in [4.69, 9.17) is 5.26 Å². The number of nitriles is 1. The van der Waals surface area contributed by atoms with Gasteiger partial charge in [0, 0.05) is 51.3 Å². The minimum Gasteiger partial charge on any atom is -0.369 e. The summed E-state index contributed by atoms with van der Waals surface area (Å²) in [4.78, 5) is 16.9. The zero-order chi connectivity index (χ0) is 16.2. The Labute approximate surface area is 135 Å². The molecule has 1 aliphatic rings. The fourth-order valence-electron chi connectivity index (χ4n) is 2.64. The van der Waals surface area contributed by atoms with Crippen molar-refractivity contribution >= 4 is 17.5 Å². The second-order valence-corrected chi connectivity index (χ2v) is 5.72. The Hall–Kier alpha value is -2.88. The van der Waals surface area contributed by atoms with Gasteiger partial charge in [0.05, 0.1) is 0 Å². The summed E-state index contributed by atoms with van der Waals surface area (Å²) in [6, 6.07) is 8.06. The van der Waals surface area contributed by atoms with Crippen LogP contribution in [-0.4, -0.2) is 48.2 Å². The van der Waals surface area contributed by atoms with Crippen molar-refractivity contribution in [1.82, 2.24) is 15.0 Å². The van der Waals surface area contributed by atoms with Crippen LogP contribution in [0.25, 0.3) is 0 Å². The van der Waals surface area contributed by atoms with Crippen molar-refractivity contribution in [1.29, 1.82) is 5.26 Å². The predicted octanol–water partition coefficient (Wildman–Crippen LogP) is 1.50. The zero-order valence-corrected chi connectivity index (χ0v) is 13.3. The largest absolute Gasteiger partial charge is 0.369 e. The van der Waals surface area contributed by atoms with Gasteiger partial charge in [-0.15, -0.1) is 0 Å². The van der Waals surface area contributed by atoms with Crippen LogP contribution in [0.4, 0.5) is 17.5 Å². The summed E-state index contributed by atoms with van der Waals surface area (Å²) in [6.07, 6.45) is 4.47. The topological polar surface area (TPSA) is 81.0 Å². The van der Waals surface area contributed by atoms with Gasteiger partial charge in [-0.2, -0.15) is 10.2 Å². The maximum atomic E-state index is 8.96. The van der Waals surface area contributed by atoms with Crippen molar-refractivity contribution < 1.29 is 0 Å². The smallest absolute Gasteiger partial charge is 0.226 e. The highest BCUT2D eigenvalue weighted by atomic mass is 15.2. The number of aromatic nitrogens is 3. The lowest BCUT2D eigenvalue weighted by Crippen LogP contribution is -2.26. The molecule has 1 aliphatic heterocycles. The summed E-state index contributed by atoms with van der Waals surface area (Å²) in [7, 11) is 3.85. The van der Waals surface area contributed by atoms with Crippen molar-refractivity contribution in [3.63, 3.8) is 0 Å². The molecule has 3 rings (SSSR count). The molecule has 23 heavy (non-hydrogen) atoms. The zero-order valence-electron chi connectivity index (χ0n) is 13.3. The number of hydrogen-bond donors (Lipinski definition) is 1. The van der Waals surface area contributed by atoms with E-state index in [9.17, 15) is 0 Å². The van der Waals surface area contributed by atoms with Crippen molar-refractivity contribution in [2.75, 3.05) is 42.3 Å². The third-order valence-electron chi connectivity index (χ3n) is 3.81. The molecule has 1 saturated heterocycles. The molecule has 1 N–H and O–H groups in total. The van der Waals surface area contributed by atoms with E-state index in [0.717, 1.165) is 31.0 Å². The SMILES string of the molecule is CN(C)c1nccc(NC2CCN(c3ccnc(C#N)c3)C2)n1. The maximum Gasteiger partial charge on any atom is 0.226 e. The molecule has 7 nitrogen and oxygen atoms in total. The monoisotopic (exact) mass is 309 g/mol. The van der Waals surface area contributed by atoms with Gasteiger partial charge < -0.3 is 15.1 Å². The Kier molecular flexibility index (Phi) is 4.24. The molecule has 0 aromatic carbocycles. The standard InChI is InChI=1S/C16H19N7/c1-22(2)16-19-7-4-15(21-16)20-12-5-8-23(11-12)14-3-6-18-13(9-14)10-17/h3-4,6-7,9,12H,5,8,11H2,1-2H3,(H,19,20,21). The lowest BCUT2D eigenvalue weighted by atomic mass is 10.2. The highest BCUT2D eigenvalue weighted by molar-refractivity contribution is 5.51. The molecule has 0 radical (unpaired) electrons. The van der Waals surface area contributed by atoms with Crippen LogP contribution in [0.15, 0.2) is 30.6 Å². The summed E-state index contributed by atoms with van der Waals surface area (Å²) in [6.45, 7) is 1.81. The van der Waals surface area contributed by atoms with Crippen LogP contribution >= 0.6 is 0 Å². The van der Waals surface area contributed by atoms with Gasteiger partial charge in [-0.25, -0.2) is 9.97 Å². The lowest BCUT2D eigenvalue weighted by molar-refractivity contribution is 0.798. The molecule has 7 heteroatoms. The van der Waals surface area contributed by atoms with E-state index in [-0.39, 0.29) is 0 Å². The second kappa shape index (κ2) is 6.48. The average Bonchev–Trinajstić information content (AvgIpc) is 3.03. The third-order valence-corrected chi connectivity index (χ3v) is 3.81. The van der Waals surface area contributed by atoms with Crippen LogP contribution in [0.5, 0.6) is 0 Å². The van der Waals surface area contributed by atoms with Gasteiger partial charge in [-0.1, -0.05) is 0 Å². The minimum atomic E-state index is 0.318. The van der Waals surface area contributed by atoms with Crippen LogP contribution in [0, 0.1) is 11.3 Å². The van der Waals surface area contributed by atoms with Gasteiger partial charge >= 0.3 is 0 Å². The van der Waals surface area contributed by atoms with Gasteiger partial charge in [-0.3, -0.25) is 0 Å². The van der Waals surface area contributed by atoms with Crippen molar-refractivity contribution in [3.05, 3.63) is 36.3 Å². The van der Waals surface area contributed by atoms with E-state index < -0.39 is 0 Å². The Bertz CT molecular complexity index is 722. The number of rotatable bonds is 4. The minimum absolute atomic E-state index is 0.318. The molecular weight excluding hydrogens is 290 g/mol. The van der Waals surface area contributed by atoms with Gasteiger partial charge in [0.2, 0.25) is 5.95 Å². The normalized spacial score (nSPS) is 16.9. The molecule has 0 bridgehead atoms. The number of hydrogen-bond acceptors (Lipinski definition) is 7. The van der Waals surface area contributed by atoms with Crippen molar-refractivity contribution in [2.24, 2.45) is 0 Å². The Morgan fingerprint density at radius 1 is 1.30 bits per heavy atom. The number of anilines is 3. The van der Waals surface area contributed by atoms with Crippen LogP contribution in [0.1, 0.15) is 12.1 Å². The quantitative estimate of drug-likeness (QED) is 0.916. The second-order valence-electron chi connectivity index (χ2n) is 5.72. The molecule has 1 atom stereocenters. The van der Waals surface area contributed by atoms with Crippen LogP contribution in [0.2, 0.25) is 0 Å². The van der Waals surface area contributed by atoms with Crippen LogP contribution < -0.4 is 15.1 Å². The van der Waals surface area contributed by atoms with E-state index in [1.54, 1.807) is 12.4 Å². The summed E-state index contributed by atoms with van der Waals surface area (Å²) in [5.41, 5.74) is 1.49. The summed E-state index contributed by atoms with van der Waals surface area (Å²) in [5.74, 6) is 1.53. The van der Waals surface area contributed by atoms with E-state index in [0.29, 0.717) is 17.7 Å². The number of nitrogens with zero attached hydrogens (tertiary/aromatic N) is 6. The van der Waals surface area contributed by atoms with Crippen molar-refractivity contribution in [2.45, 2.75) is 12.5 Å². The van der Waals surface area contributed by atoms with Gasteiger partial charge in [-0.05, 0) is 24.6 Å². The van der Waals surface area contributed by atoms with Gasteiger partial charge in [0.1, 0.15) is 17.6 Å². The van der Waals surface area contributed by atoms with Crippen LogP contribution in [0.3, 0.4) is 0 Å². The highest BCUT2D eigenvalue weighted by Crippen LogP contribution is 2.22. The molecule has 0 saturated carbocycles. The first kappa shape index (κ1) is 15.0. The predicted molar refractivity (Wildman–Crippen MR) is 89.6 cm³/mol. The third kappa shape index (κ3) is 3.48. The maximum absolute atomic E-state index is 8.96. The fraction of sp³-hybridized carbons (Fsp3) is 0.375. The van der Waals surface area contributed by atoms with E-state index >= 15 is 0 Å². The molecular formula is C16H19N7. The first-order valence-corrected chi connectivity index (χ1v) is 7.54. The van der Waals surface area contributed by atoms with E-state index in [2.05, 4.69) is 31.2 Å². The molecule has 0 amide bonds. The summed E-state index contributed by atoms with van der Waals surface area (Å²) >= 11 is 0. The highest BCUT2D eigenvalue weighted by Gasteiger charge is 2.23. The first-order valence-electron chi connectivity index (χ1n) is 7.54. The van der Waals surface area contributed by atoms with E-state index in [1.807, 2.05) is 37.2 Å². The van der Waals surface area contributed by atoms with Gasteiger partial charge in [0.15, 0.2) is 0 Å². The van der Waals surface area contributed by atoms with Gasteiger partial charge in [0.25, 0.3) is 0 Å². The number of pyridine rings is 1. The van der Waals surface area contributed by atoms with Crippen molar-refractivity contribution in [3.8, 4) is 6.07 Å². The Morgan fingerprint density at radius 3 is 2.91 bits per heavy atom. The van der Waals surface area contributed by atoms with E-state index in [1.165, 1.54) is 0 Å². The summed E-state index contributed by atoms with van der Waals surface area (Å²) < 4.78 is 0. The molecule has 0 aliphatic carbocycles. The molecule has 0 spiro atoms. The molecule has 1 fully saturated rings. The average molecular weight is 309 g/mol. The Balaban J connectivity index is 1.66. The molecule has 2 aromatic rings. The Morgan fingerprint density at radius 2 is 2.13 bits per heavy atom. The fourth-order valence-corrected chi connectivity index (χ4v) is 2.64. The number of nitrogens with one attached hydrogen (secondary N) is 1. The molecule has 3 heterocycles. The summed E-state index contributed by atoms with van der Waals surface area (Å²) in [5, 5.41) is 12.4.